The number of nitrogens with one attached hydrogen (secondary N) is 1. The molecule has 1 aromatic carbocycles. The summed E-state index contributed by atoms with van der Waals surface area (Å²) >= 11 is 0. The number of piperidine rings is 1. The molecule has 1 fully saturated rings. The number of anilines is 1. The largest absolute Gasteiger partial charge is 0.497 e. The number of carbonyl (C=O) groups is 2. The number of methoxy groups -OCH3 is 2. The third kappa shape index (κ3) is 5.11. The molecule has 1 saturated heterocycles. The zero-order valence-corrected chi connectivity index (χ0v) is 15.5. The standard InChI is InChI=1S/C19H28N2O4/c1-13(2)11-18(22)21-9-7-14(8-10-21)19(23)20-16-12-15(24-3)5-6-17(16)25-4/h5-6,12-14H,7-11H2,1-4H3,(H,20,23). The van der Waals surface area contributed by atoms with E-state index in [2.05, 4.69) is 5.32 Å². The Morgan fingerprint density at radius 1 is 1.20 bits per heavy atom. The molecule has 1 heterocycles. The highest BCUT2D eigenvalue weighted by atomic mass is 16.5. The smallest absolute Gasteiger partial charge is 0.227 e. The van der Waals surface area contributed by atoms with E-state index in [-0.39, 0.29) is 17.7 Å². The van der Waals surface area contributed by atoms with Crippen LogP contribution < -0.4 is 14.8 Å². The van der Waals surface area contributed by atoms with E-state index in [1.807, 2.05) is 18.7 Å². The molecule has 0 unspecified atom stereocenters. The molecule has 1 aromatic rings. The summed E-state index contributed by atoms with van der Waals surface area (Å²) in [6.07, 6.45) is 1.93. The average molecular weight is 348 g/mol. The van der Waals surface area contributed by atoms with Crippen molar-refractivity contribution in [2.24, 2.45) is 11.8 Å². The highest BCUT2D eigenvalue weighted by molar-refractivity contribution is 5.94. The second-order valence-electron chi connectivity index (χ2n) is 6.81. The van der Waals surface area contributed by atoms with Crippen molar-refractivity contribution >= 4 is 17.5 Å². The first kappa shape index (κ1) is 19.1. The molecule has 0 radical (unpaired) electrons. The molecule has 6 heteroatoms. The van der Waals surface area contributed by atoms with Gasteiger partial charge in [0.25, 0.3) is 0 Å². The van der Waals surface area contributed by atoms with Gasteiger partial charge in [-0.1, -0.05) is 13.8 Å². The van der Waals surface area contributed by atoms with E-state index < -0.39 is 0 Å². The SMILES string of the molecule is COc1ccc(OC)c(NC(=O)C2CCN(C(=O)CC(C)C)CC2)c1. The number of nitrogens with zero attached hydrogens (tertiary/aromatic N) is 1. The van der Waals surface area contributed by atoms with Crippen LogP contribution in [0.5, 0.6) is 11.5 Å². The van der Waals surface area contributed by atoms with Gasteiger partial charge < -0.3 is 19.7 Å². The predicted octanol–water partition coefficient (Wildman–Crippen LogP) is 2.93. The molecule has 0 aliphatic carbocycles. The number of hydrogen-bond donors (Lipinski definition) is 1. The van der Waals surface area contributed by atoms with Crippen LogP contribution in [0.3, 0.4) is 0 Å². The van der Waals surface area contributed by atoms with Crippen molar-refractivity contribution in [3.8, 4) is 11.5 Å². The summed E-state index contributed by atoms with van der Waals surface area (Å²) in [6, 6.07) is 5.30. The third-order valence-corrected chi connectivity index (χ3v) is 4.47. The third-order valence-electron chi connectivity index (χ3n) is 4.47. The van der Waals surface area contributed by atoms with Crippen LogP contribution in [-0.2, 0) is 9.59 Å². The Labute approximate surface area is 149 Å². The Kier molecular flexibility index (Phi) is 6.67. The molecule has 25 heavy (non-hydrogen) atoms. The van der Waals surface area contributed by atoms with E-state index in [1.54, 1.807) is 32.4 Å². The van der Waals surface area contributed by atoms with Crippen LogP contribution in [0, 0.1) is 11.8 Å². The number of rotatable bonds is 6. The van der Waals surface area contributed by atoms with Crippen LogP contribution in [0.2, 0.25) is 0 Å². The number of ether oxygens (including phenoxy) is 2. The van der Waals surface area contributed by atoms with Crippen LogP contribution in [0.4, 0.5) is 5.69 Å². The molecule has 1 N–H and O–H groups in total. The maximum atomic E-state index is 12.6. The molecular weight excluding hydrogens is 320 g/mol. The van der Waals surface area contributed by atoms with Crippen molar-refractivity contribution < 1.29 is 19.1 Å². The van der Waals surface area contributed by atoms with Gasteiger partial charge in [-0.2, -0.15) is 0 Å². The van der Waals surface area contributed by atoms with Gasteiger partial charge in [-0.15, -0.1) is 0 Å². The lowest BCUT2D eigenvalue weighted by atomic mass is 9.95. The first-order chi connectivity index (χ1) is 11.9. The molecule has 2 rings (SSSR count). The Bertz CT molecular complexity index is 607. The summed E-state index contributed by atoms with van der Waals surface area (Å²) in [5.41, 5.74) is 0.602. The summed E-state index contributed by atoms with van der Waals surface area (Å²) < 4.78 is 10.5. The summed E-state index contributed by atoms with van der Waals surface area (Å²) in [5.74, 6) is 1.66. The lowest BCUT2D eigenvalue weighted by Gasteiger charge is -2.32. The van der Waals surface area contributed by atoms with Gasteiger partial charge in [-0.05, 0) is 30.9 Å². The second-order valence-corrected chi connectivity index (χ2v) is 6.81. The molecule has 0 atom stereocenters. The Balaban J connectivity index is 1.94. The number of likely N-dealkylation sites (tertiary alicyclic amines) is 1. The zero-order chi connectivity index (χ0) is 18.4. The van der Waals surface area contributed by atoms with E-state index in [1.165, 1.54) is 0 Å². The van der Waals surface area contributed by atoms with Crippen molar-refractivity contribution in [1.82, 2.24) is 4.90 Å². The van der Waals surface area contributed by atoms with Crippen LogP contribution in [-0.4, -0.2) is 44.0 Å². The van der Waals surface area contributed by atoms with Crippen molar-refractivity contribution in [3.05, 3.63) is 18.2 Å². The number of hydrogen-bond acceptors (Lipinski definition) is 4. The molecule has 1 aliphatic heterocycles. The molecule has 0 aromatic heterocycles. The fraction of sp³-hybridized carbons (Fsp3) is 0.579. The fourth-order valence-electron chi connectivity index (χ4n) is 3.02. The Morgan fingerprint density at radius 2 is 1.88 bits per heavy atom. The van der Waals surface area contributed by atoms with Gasteiger partial charge >= 0.3 is 0 Å². The van der Waals surface area contributed by atoms with E-state index in [0.717, 1.165) is 0 Å². The van der Waals surface area contributed by atoms with Crippen molar-refractivity contribution in [1.29, 1.82) is 0 Å². The van der Waals surface area contributed by atoms with Crippen LogP contribution >= 0.6 is 0 Å². The first-order valence-corrected chi connectivity index (χ1v) is 8.75. The highest BCUT2D eigenvalue weighted by Crippen LogP contribution is 2.30. The maximum absolute atomic E-state index is 12.6. The van der Waals surface area contributed by atoms with Gasteiger partial charge in [0.2, 0.25) is 11.8 Å². The van der Waals surface area contributed by atoms with Crippen LogP contribution in [0.25, 0.3) is 0 Å². The minimum atomic E-state index is -0.0981. The van der Waals surface area contributed by atoms with Gasteiger partial charge in [-0.25, -0.2) is 0 Å². The van der Waals surface area contributed by atoms with Crippen molar-refractivity contribution in [2.75, 3.05) is 32.6 Å². The van der Waals surface area contributed by atoms with Gasteiger partial charge in [0.15, 0.2) is 0 Å². The lowest BCUT2D eigenvalue weighted by Crippen LogP contribution is -2.41. The lowest BCUT2D eigenvalue weighted by molar-refractivity contribution is -0.135. The monoisotopic (exact) mass is 348 g/mol. The summed E-state index contributed by atoms with van der Waals surface area (Å²) in [7, 11) is 3.15. The highest BCUT2D eigenvalue weighted by Gasteiger charge is 2.28. The first-order valence-electron chi connectivity index (χ1n) is 8.75. The van der Waals surface area contributed by atoms with Crippen LogP contribution in [0.15, 0.2) is 18.2 Å². The molecule has 0 saturated carbocycles. The van der Waals surface area contributed by atoms with Crippen molar-refractivity contribution in [2.45, 2.75) is 33.1 Å². The normalized spacial score (nSPS) is 15.2. The summed E-state index contributed by atoms with van der Waals surface area (Å²) in [6.45, 7) is 5.36. The summed E-state index contributed by atoms with van der Waals surface area (Å²) in [4.78, 5) is 26.6. The molecule has 0 bridgehead atoms. The van der Waals surface area contributed by atoms with E-state index in [4.69, 9.17) is 9.47 Å². The molecule has 0 spiro atoms. The van der Waals surface area contributed by atoms with Gasteiger partial charge in [0.1, 0.15) is 11.5 Å². The maximum Gasteiger partial charge on any atom is 0.227 e. The van der Waals surface area contributed by atoms with E-state index in [0.29, 0.717) is 55.5 Å². The van der Waals surface area contributed by atoms with Crippen LogP contribution in [0.1, 0.15) is 33.1 Å². The minimum Gasteiger partial charge on any atom is -0.497 e. The second kappa shape index (κ2) is 8.74. The minimum absolute atomic E-state index is 0.0393. The van der Waals surface area contributed by atoms with E-state index >= 15 is 0 Å². The van der Waals surface area contributed by atoms with Crippen molar-refractivity contribution in [3.63, 3.8) is 0 Å². The average Bonchev–Trinajstić information content (AvgIpc) is 2.61. The van der Waals surface area contributed by atoms with Gasteiger partial charge in [-0.3, -0.25) is 9.59 Å². The summed E-state index contributed by atoms with van der Waals surface area (Å²) in [5, 5.41) is 2.93. The predicted molar refractivity (Wildman–Crippen MR) is 96.9 cm³/mol. The molecule has 2 amide bonds. The Hall–Kier alpha value is -2.24. The molecule has 1 aliphatic rings. The van der Waals surface area contributed by atoms with E-state index in [9.17, 15) is 9.59 Å². The van der Waals surface area contributed by atoms with Gasteiger partial charge in [0, 0.05) is 31.5 Å². The number of carbonyl (C=O) groups excluding carboxylic acids is 2. The number of amides is 2. The topological polar surface area (TPSA) is 67.9 Å². The Morgan fingerprint density at radius 3 is 2.44 bits per heavy atom. The molecule has 138 valence electrons. The zero-order valence-electron chi connectivity index (χ0n) is 15.5. The fourth-order valence-corrected chi connectivity index (χ4v) is 3.02. The van der Waals surface area contributed by atoms with Gasteiger partial charge in [0.05, 0.1) is 19.9 Å². The number of benzene rings is 1. The molecule has 6 nitrogen and oxygen atoms in total. The quantitative estimate of drug-likeness (QED) is 0.858. The molecular formula is C19H28N2O4.